The number of halogens is 1. The standard InChI is InChI=1S/C14H15BrN2O2S/c1-9-4-3-5-12(16)14(9)20(18,19)17-13-7-6-11(15)8-10(13)2/h3-8,17H,16H2,1-2H3. The van der Waals surface area contributed by atoms with Crippen molar-refractivity contribution < 1.29 is 8.42 Å². The van der Waals surface area contributed by atoms with E-state index in [2.05, 4.69) is 20.7 Å². The lowest BCUT2D eigenvalue weighted by atomic mass is 10.2. The molecule has 0 aliphatic carbocycles. The summed E-state index contributed by atoms with van der Waals surface area (Å²) in [6.07, 6.45) is 0. The summed E-state index contributed by atoms with van der Waals surface area (Å²) in [7, 11) is -3.70. The lowest BCUT2D eigenvalue weighted by Gasteiger charge is -2.14. The fourth-order valence-corrected chi connectivity index (χ4v) is 3.95. The number of hydrogen-bond acceptors (Lipinski definition) is 3. The minimum atomic E-state index is -3.70. The normalized spacial score (nSPS) is 11.3. The van der Waals surface area contributed by atoms with Crippen molar-refractivity contribution in [3.63, 3.8) is 0 Å². The lowest BCUT2D eigenvalue weighted by molar-refractivity contribution is 0.601. The number of nitrogens with two attached hydrogens (primary N) is 1. The Morgan fingerprint density at radius 2 is 1.80 bits per heavy atom. The predicted octanol–water partition coefficient (Wildman–Crippen LogP) is 3.45. The molecule has 0 saturated carbocycles. The van der Waals surface area contributed by atoms with Gasteiger partial charge in [-0.25, -0.2) is 8.42 Å². The molecule has 0 atom stereocenters. The molecule has 0 aliphatic heterocycles. The molecule has 106 valence electrons. The van der Waals surface area contributed by atoms with Gasteiger partial charge in [0.15, 0.2) is 0 Å². The molecule has 0 radical (unpaired) electrons. The van der Waals surface area contributed by atoms with E-state index in [4.69, 9.17) is 5.73 Å². The highest BCUT2D eigenvalue weighted by Gasteiger charge is 2.20. The van der Waals surface area contributed by atoms with Gasteiger partial charge in [0.2, 0.25) is 0 Å². The summed E-state index contributed by atoms with van der Waals surface area (Å²) in [4.78, 5) is 0.127. The fourth-order valence-electron chi connectivity index (χ4n) is 1.98. The first-order valence-corrected chi connectivity index (χ1v) is 8.23. The first kappa shape index (κ1) is 14.9. The quantitative estimate of drug-likeness (QED) is 0.829. The number of anilines is 2. The molecule has 3 N–H and O–H groups in total. The number of hydrogen-bond donors (Lipinski definition) is 2. The Balaban J connectivity index is 2.46. The fraction of sp³-hybridized carbons (Fsp3) is 0.143. The third-order valence-corrected chi connectivity index (χ3v) is 5.02. The van der Waals surface area contributed by atoms with Gasteiger partial charge in [0.1, 0.15) is 4.90 Å². The van der Waals surface area contributed by atoms with Crippen LogP contribution in [0.15, 0.2) is 45.8 Å². The highest BCUT2D eigenvalue weighted by molar-refractivity contribution is 9.10. The van der Waals surface area contributed by atoms with Crippen LogP contribution < -0.4 is 10.5 Å². The van der Waals surface area contributed by atoms with Crippen molar-refractivity contribution in [1.82, 2.24) is 0 Å². The van der Waals surface area contributed by atoms with Crippen LogP contribution >= 0.6 is 15.9 Å². The van der Waals surface area contributed by atoms with E-state index in [-0.39, 0.29) is 10.6 Å². The molecule has 0 fully saturated rings. The zero-order valence-electron chi connectivity index (χ0n) is 11.1. The second-order valence-electron chi connectivity index (χ2n) is 4.56. The van der Waals surface area contributed by atoms with Gasteiger partial charge in [-0.15, -0.1) is 0 Å². The van der Waals surface area contributed by atoms with Crippen molar-refractivity contribution in [3.05, 3.63) is 52.0 Å². The molecule has 2 rings (SSSR count). The average molecular weight is 355 g/mol. The average Bonchev–Trinajstić information content (AvgIpc) is 2.32. The van der Waals surface area contributed by atoms with Gasteiger partial charge in [0.05, 0.1) is 11.4 Å². The lowest BCUT2D eigenvalue weighted by Crippen LogP contribution is -2.16. The van der Waals surface area contributed by atoms with E-state index < -0.39 is 10.0 Å². The van der Waals surface area contributed by atoms with Gasteiger partial charge < -0.3 is 5.73 Å². The van der Waals surface area contributed by atoms with Crippen LogP contribution in [-0.2, 0) is 10.0 Å². The van der Waals surface area contributed by atoms with E-state index in [1.807, 2.05) is 13.0 Å². The van der Waals surface area contributed by atoms with Gasteiger partial charge in [-0.1, -0.05) is 28.1 Å². The smallest absolute Gasteiger partial charge is 0.264 e. The molecule has 0 heterocycles. The minimum Gasteiger partial charge on any atom is -0.398 e. The number of rotatable bonds is 3. The maximum Gasteiger partial charge on any atom is 0.264 e. The number of aryl methyl sites for hydroxylation is 2. The third kappa shape index (κ3) is 2.96. The van der Waals surface area contributed by atoms with Gasteiger partial charge in [0, 0.05) is 4.47 Å². The van der Waals surface area contributed by atoms with Crippen LogP contribution in [0.5, 0.6) is 0 Å². The Morgan fingerprint density at radius 3 is 2.40 bits per heavy atom. The SMILES string of the molecule is Cc1cc(Br)ccc1NS(=O)(=O)c1c(C)cccc1N. The van der Waals surface area contributed by atoms with E-state index in [1.165, 1.54) is 0 Å². The zero-order chi connectivity index (χ0) is 14.9. The monoisotopic (exact) mass is 354 g/mol. The van der Waals surface area contributed by atoms with Crippen molar-refractivity contribution >= 4 is 37.3 Å². The van der Waals surface area contributed by atoms with Crippen molar-refractivity contribution in [2.24, 2.45) is 0 Å². The molecule has 0 spiro atoms. The molecule has 4 nitrogen and oxygen atoms in total. The summed E-state index contributed by atoms with van der Waals surface area (Å²) >= 11 is 3.35. The highest BCUT2D eigenvalue weighted by Crippen LogP contribution is 2.27. The van der Waals surface area contributed by atoms with E-state index >= 15 is 0 Å². The summed E-state index contributed by atoms with van der Waals surface area (Å²) in [5.74, 6) is 0. The van der Waals surface area contributed by atoms with E-state index in [9.17, 15) is 8.42 Å². The summed E-state index contributed by atoms with van der Waals surface area (Å²) in [6, 6.07) is 10.4. The molecule has 0 unspecified atom stereocenters. The molecule has 2 aromatic rings. The maximum absolute atomic E-state index is 12.5. The highest BCUT2D eigenvalue weighted by atomic mass is 79.9. The molecular formula is C14H15BrN2O2S. The van der Waals surface area contributed by atoms with Crippen LogP contribution in [-0.4, -0.2) is 8.42 Å². The Kier molecular flexibility index (Phi) is 4.06. The number of benzene rings is 2. The summed E-state index contributed by atoms with van der Waals surface area (Å²) < 4.78 is 28.4. The molecule has 0 saturated heterocycles. The molecule has 0 bridgehead atoms. The van der Waals surface area contributed by atoms with Gasteiger partial charge in [-0.05, 0) is 49.2 Å². The Hall–Kier alpha value is -1.53. The van der Waals surface area contributed by atoms with Crippen LogP contribution in [0, 0.1) is 13.8 Å². The van der Waals surface area contributed by atoms with Gasteiger partial charge in [-0.2, -0.15) is 0 Å². The van der Waals surface area contributed by atoms with E-state index in [0.29, 0.717) is 11.3 Å². The number of nitrogen functional groups attached to an aromatic ring is 1. The van der Waals surface area contributed by atoms with Crippen molar-refractivity contribution in [2.45, 2.75) is 18.7 Å². The molecule has 20 heavy (non-hydrogen) atoms. The van der Waals surface area contributed by atoms with Gasteiger partial charge >= 0.3 is 0 Å². The summed E-state index contributed by atoms with van der Waals surface area (Å²) in [5.41, 5.74) is 8.02. The number of sulfonamides is 1. The molecule has 0 aliphatic rings. The van der Waals surface area contributed by atoms with E-state index in [1.54, 1.807) is 37.3 Å². The van der Waals surface area contributed by atoms with E-state index in [0.717, 1.165) is 10.0 Å². The minimum absolute atomic E-state index is 0.127. The van der Waals surface area contributed by atoms with Crippen LogP contribution in [0.4, 0.5) is 11.4 Å². The Labute approximate surface area is 127 Å². The van der Waals surface area contributed by atoms with Crippen molar-refractivity contribution in [2.75, 3.05) is 10.5 Å². The molecular weight excluding hydrogens is 340 g/mol. The summed E-state index contributed by atoms with van der Waals surface area (Å²) in [6.45, 7) is 3.56. The van der Waals surface area contributed by atoms with Crippen molar-refractivity contribution in [3.8, 4) is 0 Å². The first-order chi connectivity index (χ1) is 9.31. The Morgan fingerprint density at radius 1 is 1.10 bits per heavy atom. The molecule has 0 aromatic heterocycles. The zero-order valence-corrected chi connectivity index (χ0v) is 13.5. The second kappa shape index (κ2) is 5.46. The van der Waals surface area contributed by atoms with Gasteiger partial charge in [0.25, 0.3) is 10.0 Å². The largest absolute Gasteiger partial charge is 0.398 e. The summed E-state index contributed by atoms with van der Waals surface area (Å²) in [5, 5.41) is 0. The Bertz CT molecular complexity index is 738. The topological polar surface area (TPSA) is 72.2 Å². The van der Waals surface area contributed by atoms with Crippen LogP contribution in [0.1, 0.15) is 11.1 Å². The van der Waals surface area contributed by atoms with Crippen molar-refractivity contribution in [1.29, 1.82) is 0 Å². The number of nitrogens with one attached hydrogen (secondary N) is 1. The first-order valence-electron chi connectivity index (χ1n) is 5.95. The van der Waals surface area contributed by atoms with Gasteiger partial charge in [-0.3, -0.25) is 4.72 Å². The molecule has 2 aromatic carbocycles. The van der Waals surface area contributed by atoms with Crippen LogP contribution in [0.2, 0.25) is 0 Å². The third-order valence-electron chi connectivity index (χ3n) is 2.94. The predicted molar refractivity (Wildman–Crippen MR) is 85.3 cm³/mol. The molecule has 6 heteroatoms. The van der Waals surface area contributed by atoms with Crippen LogP contribution in [0.3, 0.4) is 0 Å². The second-order valence-corrected chi connectivity index (χ2v) is 7.09. The molecule has 0 amide bonds. The maximum atomic E-state index is 12.5. The van der Waals surface area contributed by atoms with Crippen LogP contribution in [0.25, 0.3) is 0 Å².